The van der Waals surface area contributed by atoms with E-state index in [1.807, 2.05) is 24.3 Å². The van der Waals surface area contributed by atoms with Crippen LogP contribution in [-0.4, -0.2) is 29.0 Å². The molecule has 0 aliphatic carbocycles. The van der Waals surface area contributed by atoms with Crippen molar-refractivity contribution < 1.29 is 4.79 Å². The number of halogens is 1. The monoisotopic (exact) mass is 302 g/mol. The van der Waals surface area contributed by atoms with E-state index in [2.05, 4.69) is 20.0 Å². The summed E-state index contributed by atoms with van der Waals surface area (Å²) >= 11 is 5.94. The minimum absolute atomic E-state index is 0.000836. The number of carbonyl (C=O) groups is 1. The van der Waals surface area contributed by atoms with Gasteiger partial charge in [-0.15, -0.1) is 0 Å². The number of azide groups is 1. The first-order valence-electron chi connectivity index (χ1n) is 6.42. The third-order valence-corrected chi connectivity index (χ3v) is 3.59. The molecule has 0 N–H and O–H groups in total. The van der Waals surface area contributed by atoms with Crippen LogP contribution < -0.4 is 4.90 Å². The Kier molecular flexibility index (Phi) is 3.60. The fraction of sp³-hybridized carbons (Fsp3) is 0.308. The second-order valence-corrected chi connectivity index (χ2v) is 5.16. The van der Waals surface area contributed by atoms with Crippen LogP contribution in [0.2, 0.25) is 5.28 Å². The molecule has 0 saturated carbocycles. The summed E-state index contributed by atoms with van der Waals surface area (Å²) in [6, 6.07) is 7.40. The number of hydrogen-bond acceptors (Lipinski definition) is 4. The van der Waals surface area contributed by atoms with Gasteiger partial charge in [0.2, 0.25) is 11.2 Å². The largest absolute Gasteiger partial charge is 0.296 e. The Labute approximate surface area is 125 Å². The Morgan fingerprint density at radius 1 is 1.43 bits per heavy atom. The Bertz CT molecular complexity index is 757. The van der Waals surface area contributed by atoms with Gasteiger partial charge in [0, 0.05) is 29.8 Å². The average molecular weight is 303 g/mol. The summed E-state index contributed by atoms with van der Waals surface area (Å²) in [7, 11) is 0. The molecule has 1 unspecified atom stereocenters. The molecule has 2 aromatic rings. The highest BCUT2D eigenvalue weighted by molar-refractivity contribution is 6.29. The Morgan fingerprint density at radius 3 is 3.05 bits per heavy atom. The van der Waals surface area contributed by atoms with Gasteiger partial charge >= 0.3 is 0 Å². The second kappa shape index (κ2) is 5.55. The number of aromatic nitrogens is 2. The van der Waals surface area contributed by atoms with Crippen molar-refractivity contribution in [1.82, 2.24) is 9.97 Å². The van der Waals surface area contributed by atoms with Crippen LogP contribution in [0.4, 0.5) is 5.82 Å². The molecule has 1 aromatic carbocycles. The lowest BCUT2D eigenvalue weighted by Crippen LogP contribution is -2.26. The van der Waals surface area contributed by atoms with Crippen LogP contribution >= 0.6 is 11.6 Å². The number of amides is 1. The van der Waals surface area contributed by atoms with Gasteiger partial charge in [0.05, 0.1) is 5.52 Å². The first-order chi connectivity index (χ1) is 10.2. The Hall–Kier alpha value is -2.37. The van der Waals surface area contributed by atoms with Gasteiger partial charge in [-0.3, -0.25) is 9.69 Å². The Balaban J connectivity index is 2.00. The highest BCUT2D eigenvalue weighted by Gasteiger charge is 2.32. The van der Waals surface area contributed by atoms with Crippen molar-refractivity contribution in [3.63, 3.8) is 0 Å². The molecule has 7 nitrogen and oxygen atoms in total. The van der Waals surface area contributed by atoms with Gasteiger partial charge in [0.15, 0.2) is 0 Å². The van der Waals surface area contributed by atoms with Crippen molar-refractivity contribution >= 4 is 34.2 Å². The second-order valence-electron chi connectivity index (χ2n) is 4.82. The molecule has 1 fully saturated rings. The zero-order chi connectivity index (χ0) is 14.8. The van der Waals surface area contributed by atoms with Gasteiger partial charge in [-0.05, 0) is 35.2 Å². The number of hydrogen-bond donors (Lipinski definition) is 0. The molecule has 0 spiro atoms. The van der Waals surface area contributed by atoms with Crippen LogP contribution in [0.15, 0.2) is 29.4 Å². The highest BCUT2D eigenvalue weighted by Crippen LogP contribution is 2.30. The summed E-state index contributed by atoms with van der Waals surface area (Å²) in [5.74, 6) is 0.466. The molecule has 1 amide bonds. The van der Waals surface area contributed by atoms with Crippen molar-refractivity contribution in [2.75, 3.05) is 18.0 Å². The Morgan fingerprint density at radius 2 is 2.24 bits per heavy atom. The molecule has 21 heavy (non-hydrogen) atoms. The predicted molar refractivity (Wildman–Crippen MR) is 79.0 cm³/mol. The molecule has 1 aliphatic heterocycles. The maximum Gasteiger partial charge on any atom is 0.228 e. The van der Waals surface area contributed by atoms with Gasteiger partial charge in [0.1, 0.15) is 5.82 Å². The normalized spacial score (nSPS) is 18.0. The smallest absolute Gasteiger partial charge is 0.228 e. The molecule has 0 bridgehead atoms. The number of para-hydroxylation sites is 1. The van der Waals surface area contributed by atoms with Gasteiger partial charge in [-0.2, -0.15) is 4.98 Å². The van der Waals surface area contributed by atoms with E-state index in [0.29, 0.717) is 30.8 Å². The standard InChI is InChI=1S/C13H11ClN6O/c14-13-17-10-4-2-1-3-9(10)12(18-13)20-7-8(5-11(20)21)6-16-19-15/h1-4,8H,5-7H2. The summed E-state index contributed by atoms with van der Waals surface area (Å²) in [6.45, 7) is 0.769. The van der Waals surface area contributed by atoms with Crippen LogP contribution in [0.5, 0.6) is 0 Å². The van der Waals surface area contributed by atoms with E-state index in [9.17, 15) is 4.79 Å². The van der Waals surface area contributed by atoms with Gasteiger partial charge in [-0.25, -0.2) is 4.98 Å². The first-order valence-corrected chi connectivity index (χ1v) is 6.80. The molecule has 2 heterocycles. The lowest BCUT2D eigenvalue weighted by atomic mass is 10.1. The molecule has 1 saturated heterocycles. The maximum atomic E-state index is 12.2. The number of carbonyl (C=O) groups excluding carboxylic acids is 1. The summed E-state index contributed by atoms with van der Waals surface area (Å²) < 4.78 is 0. The lowest BCUT2D eigenvalue weighted by molar-refractivity contribution is -0.117. The van der Waals surface area contributed by atoms with E-state index in [1.165, 1.54) is 0 Å². The van der Waals surface area contributed by atoms with E-state index < -0.39 is 0 Å². The molecular formula is C13H11ClN6O. The van der Waals surface area contributed by atoms with Crippen molar-refractivity contribution in [2.24, 2.45) is 11.0 Å². The van der Waals surface area contributed by atoms with Gasteiger partial charge in [-0.1, -0.05) is 17.2 Å². The van der Waals surface area contributed by atoms with E-state index in [4.69, 9.17) is 17.1 Å². The summed E-state index contributed by atoms with van der Waals surface area (Å²) in [5, 5.41) is 4.42. The van der Waals surface area contributed by atoms with E-state index in [0.717, 1.165) is 5.39 Å². The van der Waals surface area contributed by atoms with Crippen LogP contribution in [0.25, 0.3) is 21.3 Å². The minimum Gasteiger partial charge on any atom is -0.296 e. The fourth-order valence-corrected chi connectivity index (χ4v) is 2.67. The van der Waals surface area contributed by atoms with Crippen molar-refractivity contribution in [3.8, 4) is 0 Å². The minimum atomic E-state index is -0.0481. The van der Waals surface area contributed by atoms with Crippen LogP contribution in [0.1, 0.15) is 6.42 Å². The van der Waals surface area contributed by atoms with Gasteiger partial charge < -0.3 is 0 Å². The number of nitrogens with zero attached hydrogens (tertiary/aromatic N) is 6. The molecule has 0 radical (unpaired) electrons. The number of rotatable bonds is 3. The zero-order valence-corrected chi connectivity index (χ0v) is 11.7. The number of anilines is 1. The third kappa shape index (κ3) is 2.61. The molecule has 8 heteroatoms. The van der Waals surface area contributed by atoms with E-state index in [1.54, 1.807) is 4.90 Å². The van der Waals surface area contributed by atoms with Gasteiger partial charge in [0.25, 0.3) is 0 Å². The molecule has 1 atom stereocenters. The van der Waals surface area contributed by atoms with Crippen LogP contribution in [0, 0.1) is 5.92 Å². The van der Waals surface area contributed by atoms with Crippen molar-refractivity contribution in [3.05, 3.63) is 40.0 Å². The molecule has 3 rings (SSSR count). The van der Waals surface area contributed by atoms with Crippen molar-refractivity contribution in [2.45, 2.75) is 6.42 Å². The van der Waals surface area contributed by atoms with Crippen LogP contribution in [0.3, 0.4) is 0 Å². The quantitative estimate of drug-likeness (QED) is 0.377. The SMILES string of the molecule is [N-]=[N+]=NCC1CC(=O)N(c2nc(Cl)nc3ccccc23)C1. The summed E-state index contributed by atoms with van der Waals surface area (Å²) in [4.78, 5) is 24.9. The molecule has 1 aromatic heterocycles. The molecule has 106 valence electrons. The third-order valence-electron chi connectivity index (χ3n) is 3.42. The number of benzene rings is 1. The van der Waals surface area contributed by atoms with E-state index in [-0.39, 0.29) is 17.1 Å². The zero-order valence-electron chi connectivity index (χ0n) is 11.0. The molecular weight excluding hydrogens is 292 g/mol. The van der Waals surface area contributed by atoms with E-state index >= 15 is 0 Å². The summed E-state index contributed by atoms with van der Waals surface area (Å²) in [6.07, 6.45) is 0.342. The summed E-state index contributed by atoms with van der Waals surface area (Å²) in [5.41, 5.74) is 9.07. The predicted octanol–water partition coefficient (Wildman–Crippen LogP) is 2.95. The van der Waals surface area contributed by atoms with Crippen LogP contribution in [-0.2, 0) is 4.79 Å². The maximum absolute atomic E-state index is 12.2. The highest BCUT2D eigenvalue weighted by atomic mass is 35.5. The van der Waals surface area contributed by atoms with Crippen molar-refractivity contribution in [1.29, 1.82) is 0 Å². The fourth-order valence-electron chi connectivity index (χ4n) is 2.50. The first kappa shape index (κ1) is 13.6. The molecule has 1 aliphatic rings. The number of fused-ring (bicyclic) bond motifs is 1. The lowest BCUT2D eigenvalue weighted by Gasteiger charge is -2.17. The average Bonchev–Trinajstić information content (AvgIpc) is 2.85. The topological polar surface area (TPSA) is 94.9 Å².